The first-order valence-electron chi connectivity index (χ1n) is 7.98. The summed E-state index contributed by atoms with van der Waals surface area (Å²) in [6.07, 6.45) is 0.726. The highest BCUT2D eigenvalue weighted by Gasteiger charge is 2.18. The minimum atomic E-state index is -4.17. The first kappa shape index (κ1) is 20.6. The third kappa shape index (κ3) is 5.39. The van der Waals surface area contributed by atoms with E-state index in [0.29, 0.717) is 19.6 Å². The molecule has 1 atom stereocenters. The van der Waals surface area contributed by atoms with E-state index in [1.807, 2.05) is 24.3 Å². The van der Waals surface area contributed by atoms with Crippen LogP contribution in [0.15, 0.2) is 41.3 Å². The van der Waals surface area contributed by atoms with Gasteiger partial charge in [-0.2, -0.15) is 0 Å². The average Bonchev–Trinajstić information content (AvgIpc) is 2.60. The van der Waals surface area contributed by atoms with E-state index in [0.717, 1.165) is 29.7 Å². The molecule has 0 spiro atoms. The Hall–Kier alpha value is -1.71. The molecule has 0 aliphatic carbocycles. The number of rotatable bonds is 8. The van der Waals surface area contributed by atoms with Gasteiger partial charge in [-0.1, -0.05) is 35.9 Å². The highest BCUT2D eigenvalue weighted by molar-refractivity contribution is 7.89. The van der Waals surface area contributed by atoms with Crippen LogP contribution in [0.4, 0.5) is 10.1 Å². The monoisotopic (exact) mass is 400 g/mol. The zero-order chi connectivity index (χ0) is 19.3. The maximum atomic E-state index is 14.0. The van der Waals surface area contributed by atoms with Crippen molar-refractivity contribution in [1.29, 1.82) is 0 Å². The molecular formula is C17H22ClFN4O2S. The summed E-state index contributed by atoms with van der Waals surface area (Å²) in [7, 11) is -4.17. The molecule has 2 aromatic carbocycles. The van der Waals surface area contributed by atoms with E-state index in [2.05, 4.69) is 5.32 Å². The van der Waals surface area contributed by atoms with Gasteiger partial charge in [0.2, 0.25) is 10.0 Å². The van der Waals surface area contributed by atoms with Crippen molar-refractivity contribution in [3.63, 3.8) is 0 Å². The Morgan fingerprint density at radius 1 is 1.12 bits per heavy atom. The fourth-order valence-corrected chi connectivity index (χ4v) is 3.43. The highest BCUT2D eigenvalue weighted by Crippen LogP contribution is 2.27. The zero-order valence-corrected chi connectivity index (χ0v) is 15.7. The van der Waals surface area contributed by atoms with Gasteiger partial charge in [0.15, 0.2) is 0 Å². The summed E-state index contributed by atoms with van der Waals surface area (Å²) >= 11 is 6.04. The number of primary sulfonamides is 1. The van der Waals surface area contributed by atoms with Crippen molar-refractivity contribution in [3.8, 4) is 0 Å². The molecule has 6 nitrogen and oxygen atoms in total. The average molecular weight is 401 g/mol. The van der Waals surface area contributed by atoms with Crippen LogP contribution in [-0.4, -0.2) is 21.5 Å². The molecule has 0 aliphatic rings. The first-order valence-corrected chi connectivity index (χ1v) is 9.90. The minimum Gasteiger partial charge on any atom is -0.383 e. The Kier molecular flexibility index (Phi) is 6.96. The SMILES string of the molecule is NCc1ccc(C[C@H](CN)CNc2cc(F)c(S(N)(=O)=O)cc2Cl)cc1. The maximum absolute atomic E-state index is 14.0. The van der Waals surface area contributed by atoms with Crippen molar-refractivity contribution in [2.24, 2.45) is 22.5 Å². The van der Waals surface area contributed by atoms with E-state index in [9.17, 15) is 12.8 Å². The summed E-state index contributed by atoms with van der Waals surface area (Å²) in [6, 6.07) is 9.95. The van der Waals surface area contributed by atoms with Gasteiger partial charge in [-0.05, 0) is 42.1 Å². The second kappa shape index (κ2) is 8.79. The van der Waals surface area contributed by atoms with E-state index in [-0.39, 0.29) is 16.6 Å². The number of nitrogens with two attached hydrogens (primary N) is 3. The van der Waals surface area contributed by atoms with Gasteiger partial charge >= 0.3 is 0 Å². The van der Waals surface area contributed by atoms with Crippen molar-refractivity contribution >= 4 is 27.3 Å². The molecular weight excluding hydrogens is 379 g/mol. The number of anilines is 1. The van der Waals surface area contributed by atoms with E-state index in [4.69, 9.17) is 28.2 Å². The van der Waals surface area contributed by atoms with Crippen molar-refractivity contribution in [1.82, 2.24) is 0 Å². The van der Waals surface area contributed by atoms with Gasteiger partial charge in [0, 0.05) is 13.1 Å². The predicted molar refractivity (Wildman–Crippen MR) is 102 cm³/mol. The third-order valence-corrected chi connectivity index (χ3v) is 5.26. The third-order valence-electron chi connectivity index (χ3n) is 4.03. The van der Waals surface area contributed by atoms with Gasteiger partial charge in [0.1, 0.15) is 10.7 Å². The first-order chi connectivity index (χ1) is 12.2. The standard InChI is InChI=1S/C17H22ClFN4O2S/c18-14-6-17(26(22,24)25)15(19)7-16(14)23-10-13(9-21)5-11-1-3-12(8-20)4-2-11/h1-4,6-7,13,23H,5,8-10,20-21H2,(H2,22,24,25)/t13-/m1/s1. The van der Waals surface area contributed by atoms with Crippen LogP contribution in [0.5, 0.6) is 0 Å². The number of halogens is 2. The lowest BCUT2D eigenvalue weighted by atomic mass is 9.98. The second-order valence-electron chi connectivity index (χ2n) is 6.01. The van der Waals surface area contributed by atoms with E-state index in [1.54, 1.807) is 0 Å². The molecule has 0 fully saturated rings. The van der Waals surface area contributed by atoms with Crippen molar-refractivity contribution in [3.05, 3.63) is 58.4 Å². The Balaban J connectivity index is 2.06. The molecule has 142 valence electrons. The van der Waals surface area contributed by atoms with E-state index >= 15 is 0 Å². The zero-order valence-electron chi connectivity index (χ0n) is 14.1. The molecule has 0 aliphatic heterocycles. The molecule has 0 heterocycles. The summed E-state index contributed by atoms with van der Waals surface area (Å²) in [5.41, 5.74) is 13.9. The molecule has 2 aromatic rings. The van der Waals surface area contributed by atoms with Crippen LogP contribution in [-0.2, 0) is 23.0 Å². The van der Waals surface area contributed by atoms with Gasteiger partial charge in [-0.3, -0.25) is 0 Å². The molecule has 9 heteroatoms. The molecule has 0 saturated heterocycles. The normalized spacial score (nSPS) is 12.8. The Bertz CT molecular complexity index is 860. The predicted octanol–water partition coefficient (Wildman–Crippen LogP) is 1.81. The van der Waals surface area contributed by atoms with Gasteiger partial charge in [-0.15, -0.1) is 0 Å². The lowest BCUT2D eigenvalue weighted by Gasteiger charge is -2.18. The molecule has 26 heavy (non-hydrogen) atoms. The Morgan fingerprint density at radius 3 is 2.27 bits per heavy atom. The molecule has 7 N–H and O–H groups in total. The van der Waals surface area contributed by atoms with E-state index in [1.165, 1.54) is 0 Å². The summed E-state index contributed by atoms with van der Waals surface area (Å²) < 4.78 is 36.6. The molecule has 2 rings (SSSR count). The van der Waals surface area contributed by atoms with Crippen LogP contribution in [0, 0.1) is 11.7 Å². The number of nitrogens with one attached hydrogen (secondary N) is 1. The molecule has 0 radical (unpaired) electrons. The Labute approximate surface area is 157 Å². The maximum Gasteiger partial charge on any atom is 0.241 e. The van der Waals surface area contributed by atoms with Gasteiger partial charge in [0.05, 0.1) is 10.7 Å². The molecule has 0 amide bonds. The highest BCUT2D eigenvalue weighted by atomic mass is 35.5. The summed E-state index contributed by atoms with van der Waals surface area (Å²) in [5, 5.41) is 8.04. The van der Waals surface area contributed by atoms with Crippen LogP contribution in [0.2, 0.25) is 5.02 Å². The topological polar surface area (TPSA) is 124 Å². The van der Waals surface area contributed by atoms with Crippen LogP contribution in [0.3, 0.4) is 0 Å². The van der Waals surface area contributed by atoms with Crippen LogP contribution in [0.25, 0.3) is 0 Å². The second-order valence-corrected chi connectivity index (χ2v) is 7.95. The lowest BCUT2D eigenvalue weighted by Crippen LogP contribution is -2.25. The van der Waals surface area contributed by atoms with Crippen molar-refractivity contribution < 1.29 is 12.8 Å². The number of hydrogen-bond acceptors (Lipinski definition) is 5. The molecule has 0 bridgehead atoms. The van der Waals surface area contributed by atoms with Crippen molar-refractivity contribution in [2.75, 3.05) is 18.4 Å². The summed E-state index contributed by atoms with van der Waals surface area (Å²) in [5.74, 6) is -0.878. The number of sulfonamides is 1. The van der Waals surface area contributed by atoms with Gasteiger partial charge in [0.25, 0.3) is 0 Å². The van der Waals surface area contributed by atoms with Crippen LogP contribution in [0.1, 0.15) is 11.1 Å². The van der Waals surface area contributed by atoms with Crippen LogP contribution >= 0.6 is 11.6 Å². The minimum absolute atomic E-state index is 0.0681. The van der Waals surface area contributed by atoms with Gasteiger partial charge < -0.3 is 16.8 Å². The summed E-state index contributed by atoms with van der Waals surface area (Å²) in [4.78, 5) is -0.636. The largest absolute Gasteiger partial charge is 0.383 e. The lowest BCUT2D eigenvalue weighted by molar-refractivity contribution is 0.560. The van der Waals surface area contributed by atoms with Gasteiger partial charge in [-0.25, -0.2) is 17.9 Å². The van der Waals surface area contributed by atoms with Crippen LogP contribution < -0.4 is 21.9 Å². The molecule has 0 aromatic heterocycles. The number of hydrogen-bond donors (Lipinski definition) is 4. The van der Waals surface area contributed by atoms with Crippen molar-refractivity contribution in [2.45, 2.75) is 17.9 Å². The fraction of sp³-hybridized carbons (Fsp3) is 0.294. The van der Waals surface area contributed by atoms with E-state index < -0.39 is 20.7 Å². The smallest absolute Gasteiger partial charge is 0.241 e. The molecule has 0 unspecified atom stereocenters. The fourth-order valence-electron chi connectivity index (χ4n) is 2.52. The quantitative estimate of drug-likeness (QED) is 0.538. The number of benzene rings is 2. The Morgan fingerprint density at radius 2 is 1.73 bits per heavy atom. The molecule has 0 saturated carbocycles. The summed E-state index contributed by atoms with van der Waals surface area (Å²) in [6.45, 7) is 1.35.